The van der Waals surface area contributed by atoms with Crippen LogP contribution in [-0.2, 0) is 11.3 Å². The van der Waals surface area contributed by atoms with Gasteiger partial charge in [-0.25, -0.2) is 0 Å². The van der Waals surface area contributed by atoms with Crippen LogP contribution in [0, 0.1) is 0 Å². The largest absolute Gasteiger partial charge is 0.364 e. The Morgan fingerprint density at radius 2 is 1.58 bits per heavy atom. The number of benzene rings is 2. The van der Waals surface area contributed by atoms with Crippen LogP contribution < -0.4 is 9.80 Å². The number of amides is 1. The molecule has 1 amide bonds. The topological polar surface area (TPSA) is 23.6 Å². The van der Waals surface area contributed by atoms with Gasteiger partial charge in [0.05, 0.1) is 24.5 Å². The average Bonchev–Trinajstić information content (AvgIpc) is 2.45. The van der Waals surface area contributed by atoms with Gasteiger partial charge >= 0.3 is 0 Å². The Morgan fingerprint density at radius 1 is 0.947 bits per heavy atom. The number of hydrogen-bond donors (Lipinski definition) is 0. The number of anilines is 2. The molecule has 0 atom stereocenters. The number of rotatable bonds is 2. The highest BCUT2D eigenvalue weighted by Crippen LogP contribution is 2.33. The number of fused-ring (bicyclic) bond motifs is 1. The zero-order valence-corrected chi connectivity index (χ0v) is 10.9. The molecule has 0 saturated carbocycles. The first-order valence-corrected chi connectivity index (χ1v) is 6.40. The van der Waals surface area contributed by atoms with Crippen molar-refractivity contribution in [3.05, 3.63) is 60.2 Å². The van der Waals surface area contributed by atoms with Crippen LogP contribution in [0.5, 0.6) is 0 Å². The molecule has 0 unspecified atom stereocenters. The highest BCUT2D eigenvalue weighted by atomic mass is 16.2. The zero-order chi connectivity index (χ0) is 13.2. The number of para-hydroxylation sites is 2. The molecule has 1 heterocycles. The van der Waals surface area contributed by atoms with E-state index in [0.717, 1.165) is 16.9 Å². The van der Waals surface area contributed by atoms with E-state index in [9.17, 15) is 4.79 Å². The van der Waals surface area contributed by atoms with Crippen LogP contribution in [0.4, 0.5) is 11.4 Å². The second-order valence-corrected chi connectivity index (χ2v) is 4.81. The first-order chi connectivity index (χ1) is 9.25. The first-order valence-electron chi connectivity index (χ1n) is 6.40. The molecule has 0 aliphatic carbocycles. The lowest BCUT2D eigenvalue weighted by atomic mass is 10.1. The Balaban J connectivity index is 1.97. The second-order valence-electron chi connectivity index (χ2n) is 4.81. The van der Waals surface area contributed by atoms with Crippen LogP contribution in [0.25, 0.3) is 0 Å². The van der Waals surface area contributed by atoms with Gasteiger partial charge in [-0.1, -0.05) is 42.5 Å². The fourth-order valence-corrected chi connectivity index (χ4v) is 2.46. The minimum absolute atomic E-state index is 0.144. The summed E-state index contributed by atoms with van der Waals surface area (Å²) >= 11 is 0. The predicted octanol–water partition coefficient (Wildman–Crippen LogP) is 2.67. The van der Waals surface area contributed by atoms with Gasteiger partial charge in [0.25, 0.3) is 0 Å². The minimum Gasteiger partial charge on any atom is -0.364 e. The van der Waals surface area contributed by atoms with Crippen molar-refractivity contribution in [3.63, 3.8) is 0 Å². The molecule has 96 valence electrons. The van der Waals surface area contributed by atoms with E-state index in [0.29, 0.717) is 13.1 Å². The molecule has 0 saturated heterocycles. The normalized spacial score (nSPS) is 14.5. The standard InChI is InChI=1S/C16H16N2O/c1-17-12-16(19)18(11-13-7-3-2-4-8-13)15-10-6-5-9-14(15)17/h2-10H,11-12H2,1H3. The molecule has 3 heteroatoms. The van der Waals surface area contributed by atoms with Gasteiger partial charge in [0.1, 0.15) is 0 Å². The van der Waals surface area contributed by atoms with Crippen molar-refractivity contribution in [2.45, 2.75) is 6.54 Å². The van der Waals surface area contributed by atoms with Crippen molar-refractivity contribution in [3.8, 4) is 0 Å². The molecular formula is C16H16N2O. The third kappa shape index (κ3) is 2.19. The van der Waals surface area contributed by atoms with Gasteiger partial charge in [-0.3, -0.25) is 4.79 Å². The molecule has 3 rings (SSSR count). The first kappa shape index (κ1) is 11.8. The number of carbonyl (C=O) groups excluding carboxylic acids is 1. The predicted molar refractivity (Wildman–Crippen MR) is 77.3 cm³/mol. The van der Waals surface area contributed by atoms with E-state index < -0.39 is 0 Å². The van der Waals surface area contributed by atoms with Gasteiger partial charge in [-0.05, 0) is 17.7 Å². The van der Waals surface area contributed by atoms with E-state index in [4.69, 9.17) is 0 Å². The molecule has 0 radical (unpaired) electrons. The van der Waals surface area contributed by atoms with Gasteiger partial charge in [-0.2, -0.15) is 0 Å². The van der Waals surface area contributed by atoms with E-state index in [2.05, 4.69) is 6.07 Å². The van der Waals surface area contributed by atoms with Crippen LogP contribution in [0.3, 0.4) is 0 Å². The van der Waals surface area contributed by atoms with Crippen LogP contribution in [0.2, 0.25) is 0 Å². The molecule has 0 N–H and O–H groups in total. The van der Waals surface area contributed by atoms with Gasteiger partial charge in [-0.15, -0.1) is 0 Å². The molecule has 3 nitrogen and oxygen atoms in total. The van der Waals surface area contributed by atoms with Crippen molar-refractivity contribution in [1.82, 2.24) is 0 Å². The van der Waals surface area contributed by atoms with Gasteiger partial charge in [0.15, 0.2) is 0 Å². The summed E-state index contributed by atoms with van der Waals surface area (Å²) < 4.78 is 0. The van der Waals surface area contributed by atoms with Gasteiger partial charge < -0.3 is 9.80 Å². The summed E-state index contributed by atoms with van der Waals surface area (Å²) in [5.74, 6) is 0.144. The number of likely N-dealkylation sites (N-methyl/N-ethyl adjacent to an activating group) is 1. The maximum absolute atomic E-state index is 12.3. The molecule has 2 aromatic rings. The van der Waals surface area contributed by atoms with Crippen molar-refractivity contribution in [2.75, 3.05) is 23.4 Å². The summed E-state index contributed by atoms with van der Waals surface area (Å²) in [7, 11) is 1.95. The smallest absolute Gasteiger partial charge is 0.246 e. The molecule has 2 aromatic carbocycles. The van der Waals surface area contributed by atoms with Crippen molar-refractivity contribution in [1.29, 1.82) is 0 Å². The minimum atomic E-state index is 0.144. The molecule has 0 aromatic heterocycles. The third-order valence-electron chi connectivity index (χ3n) is 3.44. The molecule has 19 heavy (non-hydrogen) atoms. The Labute approximate surface area is 113 Å². The highest BCUT2D eigenvalue weighted by molar-refractivity contribution is 6.02. The number of hydrogen-bond acceptors (Lipinski definition) is 2. The Morgan fingerprint density at radius 3 is 2.32 bits per heavy atom. The molecule has 0 fully saturated rings. The summed E-state index contributed by atoms with van der Waals surface area (Å²) in [6.45, 7) is 1.06. The lowest BCUT2D eigenvalue weighted by molar-refractivity contribution is -0.117. The van der Waals surface area contributed by atoms with Crippen LogP contribution in [-0.4, -0.2) is 19.5 Å². The Hall–Kier alpha value is -2.29. The monoisotopic (exact) mass is 252 g/mol. The lowest BCUT2D eigenvalue weighted by Gasteiger charge is -2.35. The highest BCUT2D eigenvalue weighted by Gasteiger charge is 2.26. The van der Waals surface area contributed by atoms with Crippen LogP contribution >= 0.6 is 0 Å². The molecule has 1 aliphatic heterocycles. The summed E-state index contributed by atoms with van der Waals surface area (Å²) in [4.78, 5) is 16.1. The second kappa shape index (κ2) is 4.76. The van der Waals surface area contributed by atoms with Gasteiger partial charge in [0.2, 0.25) is 5.91 Å². The third-order valence-corrected chi connectivity index (χ3v) is 3.44. The average molecular weight is 252 g/mol. The van der Waals surface area contributed by atoms with Crippen molar-refractivity contribution < 1.29 is 4.79 Å². The number of carbonyl (C=O) groups is 1. The fourth-order valence-electron chi connectivity index (χ4n) is 2.46. The van der Waals surface area contributed by atoms with Crippen molar-refractivity contribution >= 4 is 17.3 Å². The van der Waals surface area contributed by atoms with E-state index in [1.807, 2.05) is 65.4 Å². The number of nitrogens with zero attached hydrogens (tertiary/aromatic N) is 2. The zero-order valence-electron chi connectivity index (χ0n) is 10.9. The van der Waals surface area contributed by atoms with Crippen molar-refractivity contribution in [2.24, 2.45) is 0 Å². The summed E-state index contributed by atoms with van der Waals surface area (Å²) in [6.07, 6.45) is 0. The van der Waals surface area contributed by atoms with Crippen LogP contribution in [0.15, 0.2) is 54.6 Å². The van der Waals surface area contributed by atoms with E-state index in [1.54, 1.807) is 0 Å². The Kier molecular flexibility index (Phi) is 2.95. The molecule has 0 bridgehead atoms. The fraction of sp³-hybridized carbons (Fsp3) is 0.188. The molecular weight excluding hydrogens is 236 g/mol. The Bertz CT molecular complexity index is 595. The summed E-state index contributed by atoms with van der Waals surface area (Å²) in [5.41, 5.74) is 3.25. The van der Waals surface area contributed by atoms with E-state index in [1.165, 1.54) is 0 Å². The lowest BCUT2D eigenvalue weighted by Crippen LogP contribution is -2.43. The maximum Gasteiger partial charge on any atom is 0.246 e. The SMILES string of the molecule is CN1CC(=O)N(Cc2ccccc2)c2ccccc21. The molecule has 0 spiro atoms. The molecule has 1 aliphatic rings. The van der Waals surface area contributed by atoms with Crippen LogP contribution in [0.1, 0.15) is 5.56 Å². The van der Waals surface area contributed by atoms with E-state index >= 15 is 0 Å². The van der Waals surface area contributed by atoms with Gasteiger partial charge in [0, 0.05) is 7.05 Å². The summed E-state index contributed by atoms with van der Waals surface area (Å²) in [6, 6.07) is 18.1. The van der Waals surface area contributed by atoms with E-state index in [-0.39, 0.29) is 5.91 Å². The maximum atomic E-state index is 12.3. The quantitative estimate of drug-likeness (QED) is 0.820. The summed E-state index contributed by atoms with van der Waals surface area (Å²) in [5, 5.41) is 0.